The number of carbonyl (C=O) groups excluding carboxylic acids is 2. The third-order valence-corrected chi connectivity index (χ3v) is 4.26. The first kappa shape index (κ1) is 18.1. The Bertz CT molecular complexity index is 733. The van der Waals surface area contributed by atoms with E-state index < -0.39 is 12.1 Å². The molecule has 1 saturated heterocycles. The normalized spacial score (nSPS) is 17.5. The number of ether oxygens (including phenoxy) is 3. The lowest BCUT2D eigenvalue weighted by atomic mass is 10.1. The van der Waals surface area contributed by atoms with Gasteiger partial charge in [0.15, 0.2) is 6.10 Å². The quantitative estimate of drug-likeness (QED) is 0.561. The number of benzene rings is 2. The van der Waals surface area contributed by atoms with Crippen LogP contribution in [0.15, 0.2) is 54.6 Å². The van der Waals surface area contributed by atoms with Crippen molar-refractivity contribution in [2.24, 2.45) is 0 Å². The van der Waals surface area contributed by atoms with Gasteiger partial charge in [-0.1, -0.05) is 30.3 Å². The van der Waals surface area contributed by atoms with E-state index in [1.165, 1.54) is 0 Å². The van der Waals surface area contributed by atoms with Crippen LogP contribution in [0.3, 0.4) is 0 Å². The van der Waals surface area contributed by atoms with Crippen molar-refractivity contribution in [1.82, 2.24) is 0 Å². The first-order valence-electron chi connectivity index (χ1n) is 8.78. The molecule has 1 heterocycles. The van der Waals surface area contributed by atoms with Gasteiger partial charge in [0.2, 0.25) is 5.78 Å². The summed E-state index contributed by atoms with van der Waals surface area (Å²) in [5.74, 6) is -0.0895. The highest BCUT2D eigenvalue weighted by Crippen LogP contribution is 2.17. The number of Topliss-reactive ketones (excluding diaryl/α,β-unsaturated/α-hetero) is 1. The second kappa shape index (κ2) is 8.63. The maximum absolute atomic E-state index is 12.3. The summed E-state index contributed by atoms with van der Waals surface area (Å²) in [6.45, 7) is 2.87. The lowest BCUT2D eigenvalue weighted by Gasteiger charge is -2.13. The monoisotopic (exact) mass is 354 g/mol. The second-order valence-corrected chi connectivity index (χ2v) is 6.25. The number of hydrogen-bond donors (Lipinski definition) is 0. The van der Waals surface area contributed by atoms with Gasteiger partial charge in [-0.05, 0) is 44.0 Å². The molecule has 0 aliphatic carbocycles. The van der Waals surface area contributed by atoms with Crippen molar-refractivity contribution >= 4 is 11.8 Å². The first-order valence-corrected chi connectivity index (χ1v) is 8.78. The van der Waals surface area contributed by atoms with Gasteiger partial charge in [0.1, 0.15) is 12.4 Å². The van der Waals surface area contributed by atoms with Crippen LogP contribution >= 0.6 is 0 Å². The van der Waals surface area contributed by atoms with Crippen LogP contribution < -0.4 is 4.74 Å². The Balaban J connectivity index is 1.53. The van der Waals surface area contributed by atoms with E-state index in [2.05, 4.69) is 0 Å². The Kier molecular flexibility index (Phi) is 6.02. The van der Waals surface area contributed by atoms with Gasteiger partial charge in [-0.2, -0.15) is 0 Å². The summed E-state index contributed by atoms with van der Waals surface area (Å²) in [7, 11) is 0. The molecule has 2 aromatic carbocycles. The number of carbonyl (C=O) groups is 2. The smallest absolute Gasteiger partial charge is 0.338 e. The lowest BCUT2D eigenvalue weighted by molar-refractivity contribution is 0.0318. The maximum Gasteiger partial charge on any atom is 0.338 e. The minimum atomic E-state index is -0.847. The Labute approximate surface area is 152 Å². The molecule has 1 aliphatic heterocycles. The molecule has 5 heteroatoms. The molecule has 0 amide bonds. The zero-order valence-corrected chi connectivity index (χ0v) is 14.7. The van der Waals surface area contributed by atoms with Gasteiger partial charge < -0.3 is 14.2 Å². The standard InChI is InChI=1S/C21H22O5/c1-15(20(22)16-6-3-2-4-7-16)26-21(23)17-9-11-18(12-10-17)25-14-19-8-5-13-24-19/h2-4,6-7,9-12,15,19H,5,8,13-14H2,1H3. The first-order chi connectivity index (χ1) is 12.6. The summed E-state index contributed by atoms with van der Waals surface area (Å²) in [5.41, 5.74) is 0.896. The van der Waals surface area contributed by atoms with Crippen molar-refractivity contribution in [3.05, 3.63) is 65.7 Å². The van der Waals surface area contributed by atoms with E-state index in [9.17, 15) is 9.59 Å². The maximum atomic E-state index is 12.3. The molecule has 136 valence electrons. The molecule has 1 fully saturated rings. The Morgan fingerprint density at radius 3 is 2.46 bits per heavy atom. The van der Waals surface area contributed by atoms with Crippen LogP contribution in [0.4, 0.5) is 0 Å². The van der Waals surface area contributed by atoms with Crippen LogP contribution in [-0.4, -0.2) is 37.2 Å². The van der Waals surface area contributed by atoms with Crippen LogP contribution in [0.25, 0.3) is 0 Å². The molecule has 0 aromatic heterocycles. The summed E-state index contributed by atoms with van der Waals surface area (Å²) in [4.78, 5) is 24.5. The SMILES string of the molecule is CC(OC(=O)c1ccc(OCC2CCCO2)cc1)C(=O)c1ccccc1. The van der Waals surface area contributed by atoms with E-state index in [4.69, 9.17) is 14.2 Å². The Morgan fingerprint density at radius 2 is 1.81 bits per heavy atom. The molecule has 3 rings (SSSR count). The van der Waals surface area contributed by atoms with E-state index in [-0.39, 0.29) is 11.9 Å². The minimum absolute atomic E-state index is 0.143. The summed E-state index contributed by atoms with van der Waals surface area (Å²) < 4.78 is 16.5. The molecule has 1 aliphatic rings. The van der Waals surface area contributed by atoms with Crippen molar-refractivity contribution in [3.8, 4) is 5.75 Å². The zero-order chi connectivity index (χ0) is 18.4. The van der Waals surface area contributed by atoms with Crippen molar-refractivity contribution in [1.29, 1.82) is 0 Å². The number of hydrogen-bond acceptors (Lipinski definition) is 5. The molecule has 0 saturated carbocycles. The lowest BCUT2D eigenvalue weighted by Crippen LogP contribution is -2.24. The van der Waals surface area contributed by atoms with E-state index >= 15 is 0 Å². The van der Waals surface area contributed by atoms with Crippen LogP contribution in [0.1, 0.15) is 40.5 Å². The van der Waals surface area contributed by atoms with Gasteiger partial charge in [0.05, 0.1) is 11.7 Å². The van der Waals surface area contributed by atoms with Crippen LogP contribution in [0.2, 0.25) is 0 Å². The summed E-state index contributed by atoms with van der Waals surface area (Å²) in [6, 6.07) is 15.5. The topological polar surface area (TPSA) is 61.8 Å². The van der Waals surface area contributed by atoms with Crippen molar-refractivity contribution in [2.45, 2.75) is 32.0 Å². The number of rotatable bonds is 7. The molecule has 0 radical (unpaired) electrons. The molecule has 2 atom stereocenters. The fraction of sp³-hybridized carbons (Fsp3) is 0.333. The van der Waals surface area contributed by atoms with Crippen molar-refractivity contribution in [2.75, 3.05) is 13.2 Å². The highest BCUT2D eigenvalue weighted by Gasteiger charge is 2.20. The van der Waals surface area contributed by atoms with Gasteiger partial charge in [-0.25, -0.2) is 4.79 Å². The van der Waals surface area contributed by atoms with Gasteiger partial charge in [-0.3, -0.25) is 4.79 Å². The van der Waals surface area contributed by atoms with Crippen LogP contribution in [0, 0.1) is 0 Å². The van der Waals surface area contributed by atoms with E-state index in [0.717, 1.165) is 19.4 Å². The van der Waals surface area contributed by atoms with Gasteiger partial charge >= 0.3 is 5.97 Å². The average Bonchev–Trinajstić information content (AvgIpc) is 3.20. The highest BCUT2D eigenvalue weighted by atomic mass is 16.5. The van der Waals surface area contributed by atoms with Crippen molar-refractivity contribution < 1.29 is 23.8 Å². The molecular weight excluding hydrogens is 332 g/mol. The largest absolute Gasteiger partial charge is 0.491 e. The van der Waals surface area contributed by atoms with E-state index in [1.54, 1.807) is 55.5 Å². The highest BCUT2D eigenvalue weighted by molar-refractivity contribution is 6.01. The Hall–Kier alpha value is -2.66. The number of ketones is 1. The van der Waals surface area contributed by atoms with Gasteiger partial charge in [-0.15, -0.1) is 0 Å². The van der Waals surface area contributed by atoms with Crippen LogP contribution in [-0.2, 0) is 9.47 Å². The minimum Gasteiger partial charge on any atom is -0.491 e. The van der Waals surface area contributed by atoms with Crippen molar-refractivity contribution in [3.63, 3.8) is 0 Å². The number of esters is 1. The zero-order valence-electron chi connectivity index (χ0n) is 14.7. The third kappa shape index (κ3) is 4.70. The Morgan fingerprint density at radius 1 is 1.08 bits per heavy atom. The average molecular weight is 354 g/mol. The predicted molar refractivity (Wildman–Crippen MR) is 96.6 cm³/mol. The van der Waals surface area contributed by atoms with E-state index in [1.807, 2.05) is 6.07 Å². The molecule has 0 N–H and O–H groups in total. The molecule has 2 aromatic rings. The molecule has 2 unspecified atom stereocenters. The molecule has 5 nitrogen and oxygen atoms in total. The van der Waals surface area contributed by atoms with Gasteiger partial charge in [0.25, 0.3) is 0 Å². The van der Waals surface area contributed by atoms with Crippen LogP contribution in [0.5, 0.6) is 5.75 Å². The fourth-order valence-electron chi connectivity index (χ4n) is 2.77. The molecular formula is C21H22O5. The fourth-order valence-corrected chi connectivity index (χ4v) is 2.77. The molecule has 0 spiro atoms. The second-order valence-electron chi connectivity index (χ2n) is 6.25. The third-order valence-electron chi connectivity index (χ3n) is 4.26. The summed E-state index contributed by atoms with van der Waals surface area (Å²) in [6.07, 6.45) is 1.38. The van der Waals surface area contributed by atoms with E-state index in [0.29, 0.717) is 23.5 Å². The molecule has 26 heavy (non-hydrogen) atoms. The predicted octanol–water partition coefficient (Wildman–Crippen LogP) is 3.67. The molecule has 0 bridgehead atoms. The van der Waals surface area contributed by atoms with Gasteiger partial charge in [0, 0.05) is 12.2 Å². The summed E-state index contributed by atoms with van der Waals surface area (Å²) >= 11 is 0. The summed E-state index contributed by atoms with van der Waals surface area (Å²) in [5, 5.41) is 0.